The Bertz CT molecular complexity index is 1090. The number of nitrogens with zero attached hydrogens (tertiary/aromatic N) is 2. The Hall–Kier alpha value is -2.82. The Kier molecular flexibility index (Phi) is 2.40. The molecule has 1 aromatic carbocycles. The summed E-state index contributed by atoms with van der Waals surface area (Å²) in [7, 11) is 1.42. The predicted octanol–water partition coefficient (Wildman–Crippen LogP) is 2.98. The van der Waals surface area contributed by atoms with Gasteiger partial charge in [0.15, 0.2) is 5.52 Å². The van der Waals surface area contributed by atoms with E-state index < -0.39 is 0 Å². The molecule has 3 aromatic heterocycles. The van der Waals surface area contributed by atoms with Gasteiger partial charge in [-0.2, -0.15) is 4.40 Å². The first kappa shape index (κ1) is 12.7. The second-order valence-corrected chi connectivity index (χ2v) is 6.16. The number of carbonyl (C=O) groups is 1. The van der Waals surface area contributed by atoms with Crippen molar-refractivity contribution in [2.45, 2.75) is 18.9 Å². The minimum Gasteiger partial charge on any atom is -0.463 e. The van der Waals surface area contributed by atoms with E-state index in [1.165, 1.54) is 20.0 Å². The third-order valence-electron chi connectivity index (χ3n) is 4.69. The molecule has 1 saturated carbocycles. The number of rotatable bonds is 2. The summed E-state index contributed by atoms with van der Waals surface area (Å²) >= 11 is 0. The molecule has 0 radical (unpaired) electrons. The highest BCUT2D eigenvalue weighted by Gasteiger charge is 2.31. The molecule has 0 aliphatic heterocycles. The number of aromatic nitrogens is 3. The predicted molar refractivity (Wildman–Crippen MR) is 86.6 cm³/mol. The summed E-state index contributed by atoms with van der Waals surface area (Å²) < 4.78 is 9.12. The van der Waals surface area contributed by atoms with Crippen molar-refractivity contribution in [3.05, 3.63) is 48.5 Å². The average molecular weight is 306 g/mol. The van der Waals surface area contributed by atoms with Crippen molar-refractivity contribution >= 4 is 33.3 Å². The van der Waals surface area contributed by atoms with Gasteiger partial charge in [-0.15, -0.1) is 0 Å². The van der Waals surface area contributed by atoms with Crippen molar-refractivity contribution in [1.29, 1.82) is 0 Å². The third kappa shape index (κ3) is 1.73. The standard InChI is InChI=1S/C18H15N3O2/c1-23-18(22)15-8-13-12-4-2-3-5-14(12)19-17(13)16-9-20(10-21(15)16)11-6-7-11/h2-5,8-11H,6-7H2,1H3/p+1. The van der Waals surface area contributed by atoms with Crippen LogP contribution in [0.15, 0.2) is 42.9 Å². The van der Waals surface area contributed by atoms with Crippen LogP contribution in [0.25, 0.3) is 27.3 Å². The Morgan fingerprint density at radius 3 is 2.91 bits per heavy atom. The number of esters is 1. The number of nitrogens with one attached hydrogen (secondary N) is 1. The SMILES string of the molecule is COC(=O)c1cc2c3ccccc3[nH]c2c2c[n+](C3CC3)cn12. The highest BCUT2D eigenvalue weighted by atomic mass is 16.5. The number of imidazole rings is 1. The molecule has 23 heavy (non-hydrogen) atoms. The fourth-order valence-corrected chi connectivity index (χ4v) is 3.37. The Labute approximate surface area is 132 Å². The number of fused-ring (bicyclic) bond motifs is 5. The van der Waals surface area contributed by atoms with Gasteiger partial charge in [-0.1, -0.05) is 18.2 Å². The molecule has 5 nitrogen and oxygen atoms in total. The van der Waals surface area contributed by atoms with Crippen molar-refractivity contribution in [1.82, 2.24) is 9.38 Å². The lowest BCUT2D eigenvalue weighted by molar-refractivity contribution is -0.699. The highest BCUT2D eigenvalue weighted by Crippen LogP contribution is 2.32. The molecule has 1 fully saturated rings. The van der Waals surface area contributed by atoms with E-state index in [1.54, 1.807) is 0 Å². The molecule has 1 N–H and O–H groups in total. The molecule has 5 rings (SSSR count). The van der Waals surface area contributed by atoms with Crippen LogP contribution in [0.2, 0.25) is 0 Å². The van der Waals surface area contributed by atoms with Crippen LogP contribution in [0.1, 0.15) is 29.4 Å². The van der Waals surface area contributed by atoms with Gasteiger partial charge >= 0.3 is 5.97 Å². The van der Waals surface area contributed by atoms with E-state index >= 15 is 0 Å². The normalized spacial score (nSPS) is 14.8. The molecule has 5 heteroatoms. The van der Waals surface area contributed by atoms with Gasteiger partial charge in [0.2, 0.25) is 12.0 Å². The van der Waals surface area contributed by atoms with Gasteiger partial charge in [0.25, 0.3) is 0 Å². The van der Waals surface area contributed by atoms with Gasteiger partial charge in [0.1, 0.15) is 12.2 Å². The highest BCUT2D eigenvalue weighted by molar-refractivity contribution is 6.13. The number of hydrogen-bond acceptors (Lipinski definition) is 2. The van der Waals surface area contributed by atoms with E-state index in [2.05, 4.69) is 27.9 Å². The van der Waals surface area contributed by atoms with Crippen LogP contribution in [0.4, 0.5) is 0 Å². The smallest absolute Gasteiger partial charge is 0.378 e. The summed E-state index contributed by atoms with van der Waals surface area (Å²) in [4.78, 5) is 15.8. The van der Waals surface area contributed by atoms with Crippen LogP contribution >= 0.6 is 0 Å². The van der Waals surface area contributed by atoms with Gasteiger partial charge in [0.05, 0.1) is 12.6 Å². The van der Waals surface area contributed by atoms with Crippen LogP contribution in [0.5, 0.6) is 0 Å². The number of carbonyl (C=O) groups excluding carboxylic acids is 1. The molecule has 1 aliphatic carbocycles. The number of pyridine rings is 1. The molecule has 1 aliphatic rings. The molecule has 0 atom stereocenters. The molecule has 0 bridgehead atoms. The summed E-state index contributed by atoms with van der Waals surface area (Å²) in [6, 6.07) is 10.6. The Morgan fingerprint density at radius 2 is 2.13 bits per heavy atom. The first-order chi connectivity index (χ1) is 11.3. The molecule has 0 amide bonds. The molecule has 3 heterocycles. The minimum absolute atomic E-state index is 0.319. The lowest BCUT2D eigenvalue weighted by atomic mass is 10.1. The largest absolute Gasteiger partial charge is 0.463 e. The Morgan fingerprint density at radius 1 is 1.30 bits per heavy atom. The molecular formula is C18H16N3O2+. The van der Waals surface area contributed by atoms with Gasteiger partial charge in [-0.25, -0.2) is 9.36 Å². The molecule has 0 spiro atoms. The zero-order valence-corrected chi connectivity index (χ0v) is 12.7. The van der Waals surface area contributed by atoms with E-state index in [4.69, 9.17) is 4.74 Å². The fraction of sp³-hybridized carbons (Fsp3) is 0.222. The maximum absolute atomic E-state index is 12.3. The number of aromatic amines is 1. The number of para-hydroxylation sites is 1. The van der Waals surface area contributed by atoms with Crippen molar-refractivity contribution in [3.63, 3.8) is 0 Å². The summed E-state index contributed by atoms with van der Waals surface area (Å²) in [5.41, 5.74) is 3.69. The van der Waals surface area contributed by atoms with Crippen molar-refractivity contribution in [3.8, 4) is 0 Å². The van der Waals surface area contributed by atoms with E-state index in [0.717, 1.165) is 27.3 Å². The van der Waals surface area contributed by atoms with Crippen LogP contribution in [-0.4, -0.2) is 22.5 Å². The van der Waals surface area contributed by atoms with E-state index in [0.29, 0.717) is 11.7 Å². The number of methoxy groups -OCH3 is 1. The number of ether oxygens (including phenoxy) is 1. The summed E-state index contributed by atoms with van der Waals surface area (Å²) in [5, 5.41) is 2.17. The number of hydrogen-bond donors (Lipinski definition) is 1. The van der Waals surface area contributed by atoms with Crippen molar-refractivity contribution in [2.24, 2.45) is 0 Å². The second-order valence-electron chi connectivity index (χ2n) is 6.16. The van der Waals surface area contributed by atoms with E-state index in [9.17, 15) is 4.79 Å². The number of benzene rings is 1. The summed E-state index contributed by atoms with van der Waals surface area (Å²) in [6.45, 7) is 0. The molecule has 0 unspecified atom stereocenters. The second kappa shape index (κ2) is 4.35. The monoisotopic (exact) mass is 306 g/mol. The molecule has 4 aromatic rings. The van der Waals surface area contributed by atoms with Gasteiger partial charge < -0.3 is 9.72 Å². The Balaban J connectivity index is 1.95. The first-order valence-electron chi connectivity index (χ1n) is 7.81. The average Bonchev–Trinajstić information content (AvgIpc) is 3.22. The molecule has 0 saturated heterocycles. The zero-order valence-electron chi connectivity index (χ0n) is 12.7. The maximum atomic E-state index is 12.3. The van der Waals surface area contributed by atoms with Crippen molar-refractivity contribution < 1.29 is 14.1 Å². The third-order valence-corrected chi connectivity index (χ3v) is 4.69. The van der Waals surface area contributed by atoms with Gasteiger partial charge in [0, 0.05) is 22.4 Å². The van der Waals surface area contributed by atoms with E-state index in [-0.39, 0.29) is 5.97 Å². The molecule has 114 valence electrons. The molecular weight excluding hydrogens is 290 g/mol. The fourth-order valence-electron chi connectivity index (χ4n) is 3.37. The quantitative estimate of drug-likeness (QED) is 0.457. The summed E-state index contributed by atoms with van der Waals surface area (Å²) in [5.74, 6) is -0.319. The van der Waals surface area contributed by atoms with Crippen LogP contribution in [0, 0.1) is 0 Å². The van der Waals surface area contributed by atoms with Gasteiger partial charge in [-0.05, 0) is 18.9 Å². The number of H-pyrrole nitrogens is 1. The van der Waals surface area contributed by atoms with Crippen molar-refractivity contribution in [2.75, 3.05) is 7.11 Å². The van der Waals surface area contributed by atoms with Crippen LogP contribution in [-0.2, 0) is 4.74 Å². The lowest BCUT2D eigenvalue weighted by Gasteiger charge is -1.99. The zero-order chi connectivity index (χ0) is 15.6. The first-order valence-corrected chi connectivity index (χ1v) is 7.81. The maximum Gasteiger partial charge on any atom is 0.378 e. The van der Waals surface area contributed by atoms with Crippen LogP contribution < -0.4 is 4.57 Å². The summed E-state index contributed by atoms with van der Waals surface area (Å²) in [6.07, 6.45) is 6.53. The minimum atomic E-state index is -0.319. The topological polar surface area (TPSA) is 50.4 Å². The lowest BCUT2D eigenvalue weighted by Crippen LogP contribution is -2.28. The van der Waals surface area contributed by atoms with Crippen LogP contribution in [0.3, 0.4) is 0 Å². The van der Waals surface area contributed by atoms with Gasteiger partial charge in [-0.3, -0.25) is 0 Å². The van der Waals surface area contributed by atoms with E-state index in [1.807, 2.05) is 28.9 Å².